The Bertz CT molecular complexity index is 1010. The quantitative estimate of drug-likeness (QED) is 0.248. The predicted octanol–water partition coefficient (Wildman–Crippen LogP) is 6.59. The Kier molecular flexibility index (Phi) is 7.22. The summed E-state index contributed by atoms with van der Waals surface area (Å²) < 4.78 is 9.40. The molecule has 0 unspecified atom stereocenters. The van der Waals surface area contributed by atoms with E-state index < -0.39 is 20.6 Å². The van der Waals surface area contributed by atoms with E-state index in [1.165, 1.54) is 4.90 Å². The number of carbonyl (C=O) groups excluding carboxylic acids is 2. The van der Waals surface area contributed by atoms with Crippen LogP contribution in [0.25, 0.3) is 0 Å². The summed E-state index contributed by atoms with van der Waals surface area (Å²) >= 11 is 5.61. The molecule has 3 rings (SSSR count). The molecule has 0 spiro atoms. The van der Waals surface area contributed by atoms with E-state index in [0.717, 1.165) is 0 Å². The van der Waals surface area contributed by atoms with Crippen molar-refractivity contribution < 1.29 is 14.0 Å². The zero-order valence-corrected chi connectivity index (χ0v) is 21.8. The number of fused-ring (bicyclic) bond motifs is 1. The van der Waals surface area contributed by atoms with Crippen molar-refractivity contribution >= 4 is 32.3 Å². The Labute approximate surface area is 197 Å². The van der Waals surface area contributed by atoms with Gasteiger partial charge in [0.1, 0.15) is 10.8 Å². The average Bonchev–Trinajstić information content (AvgIpc) is 2.98. The normalized spacial score (nSPS) is 16.2. The lowest BCUT2D eigenvalue weighted by atomic mass is 10.1. The molecule has 0 saturated heterocycles. The number of hydrogen-bond donors (Lipinski definition) is 0. The van der Waals surface area contributed by atoms with Gasteiger partial charge in [-0.2, -0.15) is 0 Å². The summed E-state index contributed by atoms with van der Waals surface area (Å²) in [6.45, 7) is 15.3. The number of nitrogens with zero attached hydrogens (tertiary/aromatic N) is 2. The zero-order chi connectivity index (χ0) is 23.8. The van der Waals surface area contributed by atoms with E-state index in [9.17, 15) is 9.59 Å². The lowest BCUT2D eigenvalue weighted by molar-refractivity contribution is 0.0211. The number of benzene rings is 1. The predicted molar refractivity (Wildman–Crippen MR) is 133 cm³/mol. The van der Waals surface area contributed by atoms with Crippen LogP contribution in [0.3, 0.4) is 0 Å². The summed E-state index contributed by atoms with van der Waals surface area (Å²) in [6, 6.07) is 12.5. The molecule has 1 aromatic carbocycles. The van der Waals surface area contributed by atoms with Crippen molar-refractivity contribution in [1.82, 2.24) is 9.47 Å². The third-order valence-electron chi connectivity index (χ3n) is 6.74. The van der Waals surface area contributed by atoms with E-state index in [1.54, 1.807) is 24.3 Å². The third-order valence-corrected chi connectivity index (χ3v) is 13.3. The molecule has 2 aromatic rings. The number of rotatable bonds is 8. The van der Waals surface area contributed by atoms with E-state index >= 15 is 0 Å². The fourth-order valence-electron chi connectivity index (χ4n) is 5.46. The summed E-state index contributed by atoms with van der Waals surface area (Å²) in [5.74, 6) is -0.606. The highest BCUT2D eigenvalue weighted by atomic mass is 32.1. The Balaban J connectivity index is 2.13. The Morgan fingerprint density at radius 2 is 1.25 bits per heavy atom. The lowest BCUT2D eigenvalue weighted by Crippen LogP contribution is -2.53. The van der Waals surface area contributed by atoms with E-state index in [1.807, 2.05) is 35.9 Å². The standard InChI is InChI=1S/C25H34N2O3SSi/c1-16(2)32(17(3)4,18(5)6)30-19(7)23(26-15-11-10-14-22(26)31)27-24(28)20-12-8-9-13-21(20)25(27)29/h8-19,23H,1-7H3/t19-,23-/m1/s1. The molecule has 0 radical (unpaired) electrons. The molecular weight excluding hydrogens is 436 g/mol. The van der Waals surface area contributed by atoms with Gasteiger partial charge in [-0.1, -0.05) is 72.0 Å². The Morgan fingerprint density at radius 1 is 0.781 bits per heavy atom. The molecule has 0 N–H and O–H groups in total. The average molecular weight is 471 g/mol. The summed E-state index contributed by atoms with van der Waals surface area (Å²) in [6.07, 6.45) is 0.740. The number of hydrogen-bond acceptors (Lipinski definition) is 4. The van der Waals surface area contributed by atoms with Gasteiger partial charge in [0, 0.05) is 6.20 Å². The molecule has 0 fully saturated rings. The van der Waals surface area contributed by atoms with Crippen molar-refractivity contribution in [1.29, 1.82) is 0 Å². The van der Waals surface area contributed by atoms with Crippen molar-refractivity contribution in [2.45, 2.75) is 77.4 Å². The van der Waals surface area contributed by atoms with Crippen LogP contribution in [0.15, 0.2) is 48.7 Å². The minimum Gasteiger partial charge on any atom is -0.409 e. The molecular formula is C25H34N2O3SSi. The van der Waals surface area contributed by atoms with Gasteiger partial charge in [0.2, 0.25) is 8.32 Å². The van der Waals surface area contributed by atoms with Crippen LogP contribution in [0.4, 0.5) is 0 Å². The van der Waals surface area contributed by atoms with E-state index in [2.05, 4.69) is 41.5 Å². The number of carbonyl (C=O) groups is 2. The van der Waals surface area contributed by atoms with Crippen molar-refractivity contribution in [3.05, 3.63) is 64.4 Å². The van der Waals surface area contributed by atoms with Gasteiger partial charge in [0.25, 0.3) is 11.8 Å². The second kappa shape index (κ2) is 9.41. The van der Waals surface area contributed by atoms with Gasteiger partial charge in [-0.3, -0.25) is 9.59 Å². The van der Waals surface area contributed by atoms with E-state index in [4.69, 9.17) is 16.6 Å². The van der Waals surface area contributed by atoms with Crippen molar-refractivity contribution in [2.24, 2.45) is 0 Å². The monoisotopic (exact) mass is 470 g/mol. The number of amides is 2. The summed E-state index contributed by atoms with van der Waals surface area (Å²) in [4.78, 5) is 28.2. The summed E-state index contributed by atoms with van der Waals surface area (Å²) in [5.41, 5.74) is 1.97. The maximum absolute atomic E-state index is 13.4. The van der Waals surface area contributed by atoms with Gasteiger partial charge in [0.15, 0.2) is 0 Å². The Morgan fingerprint density at radius 3 is 1.69 bits per heavy atom. The van der Waals surface area contributed by atoms with Crippen LogP contribution in [-0.4, -0.2) is 35.7 Å². The third kappa shape index (κ3) is 4.02. The van der Waals surface area contributed by atoms with Gasteiger partial charge in [-0.15, -0.1) is 0 Å². The fourth-order valence-corrected chi connectivity index (χ4v) is 11.3. The second-order valence-electron chi connectivity index (χ2n) is 9.53. The number of imide groups is 1. The van der Waals surface area contributed by atoms with Crippen LogP contribution in [-0.2, 0) is 4.43 Å². The molecule has 2 amide bonds. The Hall–Kier alpha value is -2.09. The molecule has 32 heavy (non-hydrogen) atoms. The van der Waals surface area contributed by atoms with Crippen molar-refractivity contribution in [3.8, 4) is 0 Å². The highest BCUT2D eigenvalue weighted by molar-refractivity contribution is 7.71. The topological polar surface area (TPSA) is 51.5 Å². The van der Waals surface area contributed by atoms with Crippen LogP contribution in [0.1, 0.15) is 75.3 Å². The van der Waals surface area contributed by atoms with Gasteiger partial charge >= 0.3 is 0 Å². The van der Waals surface area contributed by atoms with Crippen molar-refractivity contribution in [3.63, 3.8) is 0 Å². The van der Waals surface area contributed by atoms with Gasteiger partial charge in [0.05, 0.1) is 17.2 Å². The first-order chi connectivity index (χ1) is 15.0. The largest absolute Gasteiger partial charge is 0.409 e. The SMILES string of the molecule is CC(C)[Si](O[C@H](C)[C@@H](N1C(=O)c2ccccc2C1=O)n1ccccc1=S)(C(C)C)C(C)C. The minimum atomic E-state index is -2.28. The summed E-state index contributed by atoms with van der Waals surface area (Å²) in [5, 5.41) is 0. The molecule has 2 atom stereocenters. The summed E-state index contributed by atoms with van der Waals surface area (Å²) in [7, 11) is -2.28. The molecule has 1 aliphatic heterocycles. The minimum absolute atomic E-state index is 0.303. The van der Waals surface area contributed by atoms with Crippen LogP contribution in [0.2, 0.25) is 16.6 Å². The van der Waals surface area contributed by atoms with Crippen LogP contribution < -0.4 is 0 Å². The lowest BCUT2D eigenvalue weighted by Gasteiger charge is -2.46. The number of pyridine rings is 1. The van der Waals surface area contributed by atoms with Gasteiger partial charge < -0.3 is 8.99 Å². The molecule has 1 aromatic heterocycles. The highest BCUT2D eigenvalue weighted by Crippen LogP contribution is 2.44. The van der Waals surface area contributed by atoms with E-state index in [-0.39, 0.29) is 11.8 Å². The fraction of sp³-hybridized carbons (Fsp3) is 0.480. The zero-order valence-electron chi connectivity index (χ0n) is 20.0. The first kappa shape index (κ1) is 24.5. The molecule has 172 valence electrons. The smallest absolute Gasteiger partial charge is 0.263 e. The van der Waals surface area contributed by atoms with Gasteiger partial charge in [-0.25, -0.2) is 4.90 Å². The van der Waals surface area contributed by atoms with Crippen molar-refractivity contribution in [2.75, 3.05) is 0 Å². The highest BCUT2D eigenvalue weighted by Gasteiger charge is 2.49. The molecule has 2 heterocycles. The number of aromatic nitrogens is 1. The first-order valence-corrected chi connectivity index (χ1v) is 13.9. The molecule has 0 saturated carbocycles. The molecule has 0 bridgehead atoms. The molecule has 1 aliphatic rings. The first-order valence-electron chi connectivity index (χ1n) is 11.4. The van der Waals surface area contributed by atoms with Crippen LogP contribution in [0, 0.1) is 4.64 Å². The molecule has 5 nitrogen and oxygen atoms in total. The maximum atomic E-state index is 13.4. The van der Waals surface area contributed by atoms with Gasteiger partial charge in [-0.05, 0) is 47.8 Å². The molecule has 0 aliphatic carbocycles. The molecule has 7 heteroatoms. The van der Waals surface area contributed by atoms with Crippen LogP contribution >= 0.6 is 12.2 Å². The maximum Gasteiger partial charge on any atom is 0.263 e. The second-order valence-corrected chi connectivity index (χ2v) is 15.4. The van der Waals surface area contributed by atoms with E-state index in [0.29, 0.717) is 32.4 Å². The van der Waals surface area contributed by atoms with Crippen LogP contribution in [0.5, 0.6) is 0 Å².